The van der Waals surface area contributed by atoms with Crippen molar-refractivity contribution in [3.8, 4) is 0 Å². The molecule has 20 heavy (non-hydrogen) atoms. The topological polar surface area (TPSA) is 54.9 Å². The molecular weight excluding hydrogens is 325 g/mol. The Morgan fingerprint density at radius 2 is 2.00 bits per heavy atom. The Balaban J connectivity index is 1.74. The van der Waals surface area contributed by atoms with Gasteiger partial charge < -0.3 is 5.32 Å². The summed E-state index contributed by atoms with van der Waals surface area (Å²) in [6.45, 7) is 0. The lowest BCUT2D eigenvalue weighted by Crippen LogP contribution is -2.14. The van der Waals surface area contributed by atoms with Gasteiger partial charge in [-0.05, 0) is 31.0 Å². The number of rotatable bonds is 3. The largest absolute Gasteiger partial charge is 0.319 e. The van der Waals surface area contributed by atoms with Gasteiger partial charge in [0, 0.05) is 22.8 Å². The van der Waals surface area contributed by atoms with Gasteiger partial charge in [0.25, 0.3) is 5.91 Å². The van der Waals surface area contributed by atoms with E-state index in [4.69, 9.17) is 0 Å². The summed E-state index contributed by atoms with van der Waals surface area (Å²) in [4.78, 5) is 20.3. The Hall–Kier alpha value is -1.82. The maximum absolute atomic E-state index is 13.6. The van der Waals surface area contributed by atoms with Gasteiger partial charge in [-0.15, -0.1) is 0 Å². The van der Waals surface area contributed by atoms with E-state index < -0.39 is 11.7 Å². The summed E-state index contributed by atoms with van der Waals surface area (Å²) >= 11 is 3.16. The first-order chi connectivity index (χ1) is 9.63. The Labute approximate surface area is 123 Å². The quantitative estimate of drug-likeness (QED) is 0.933. The normalized spacial score (nSPS) is 14.1. The van der Waals surface area contributed by atoms with Gasteiger partial charge in [0.2, 0.25) is 0 Å². The van der Waals surface area contributed by atoms with Crippen LogP contribution in [0.1, 0.15) is 34.9 Å². The lowest BCUT2D eigenvalue weighted by molar-refractivity contribution is 0.102. The standard InChI is InChI=1S/C14H11BrFN3O/c15-10-3-4-12(11(16)5-10)19-14(20)9-6-17-13(18-7-9)8-1-2-8/h3-8H,1-2H2,(H,19,20). The van der Waals surface area contributed by atoms with Crippen molar-refractivity contribution in [3.63, 3.8) is 0 Å². The van der Waals surface area contributed by atoms with Crippen molar-refractivity contribution in [3.05, 3.63) is 52.3 Å². The summed E-state index contributed by atoms with van der Waals surface area (Å²) in [6.07, 6.45) is 5.17. The van der Waals surface area contributed by atoms with E-state index >= 15 is 0 Å². The summed E-state index contributed by atoms with van der Waals surface area (Å²) in [5, 5.41) is 2.50. The molecule has 1 saturated carbocycles. The third kappa shape index (κ3) is 2.85. The molecule has 1 aliphatic rings. The Morgan fingerprint density at radius 3 is 2.60 bits per heavy atom. The number of hydrogen-bond acceptors (Lipinski definition) is 3. The van der Waals surface area contributed by atoms with Gasteiger partial charge in [-0.1, -0.05) is 15.9 Å². The number of halogens is 2. The van der Waals surface area contributed by atoms with Crippen molar-refractivity contribution in [2.75, 3.05) is 5.32 Å². The highest BCUT2D eigenvalue weighted by atomic mass is 79.9. The molecule has 0 aliphatic heterocycles. The zero-order valence-corrected chi connectivity index (χ0v) is 12.0. The summed E-state index contributed by atoms with van der Waals surface area (Å²) in [6, 6.07) is 4.45. The second-order valence-corrected chi connectivity index (χ2v) is 5.60. The maximum atomic E-state index is 13.6. The zero-order chi connectivity index (χ0) is 14.1. The molecule has 0 bridgehead atoms. The van der Waals surface area contributed by atoms with Gasteiger partial charge in [0.05, 0.1) is 11.3 Å². The smallest absolute Gasteiger partial charge is 0.258 e. The molecule has 1 aromatic carbocycles. The molecule has 1 aromatic heterocycles. The van der Waals surface area contributed by atoms with Crippen LogP contribution < -0.4 is 5.32 Å². The van der Waals surface area contributed by atoms with Crippen LogP contribution in [0.2, 0.25) is 0 Å². The predicted molar refractivity (Wildman–Crippen MR) is 76.1 cm³/mol. The molecular formula is C14H11BrFN3O. The first-order valence-corrected chi connectivity index (χ1v) is 7.01. The highest BCUT2D eigenvalue weighted by Gasteiger charge is 2.26. The van der Waals surface area contributed by atoms with Gasteiger partial charge in [0.1, 0.15) is 11.6 Å². The fraction of sp³-hybridized carbons (Fsp3) is 0.214. The van der Waals surface area contributed by atoms with Gasteiger partial charge >= 0.3 is 0 Å². The van der Waals surface area contributed by atoms with E-state index in [2.05, 4.69) is 31.2 Å². The van der Waals surface area contributed by atoms with Crippen molar-refractivity contribution in [2.24, 2.45) is 0 Å². The monoisotopic (exact) mass is 335 g/mol. The lowest BCUT2D eigenvalue weighted by atomic mass is 10.2. The summed E-state index contributed by atoms with van der Waals surface area (Å²) in [7, 11) is 0. The molecule has 1 heterocycles. The van der Waals surface area contributed by atoms with Crippen LogP contribution in [-0.4, -0.2) is 15.9 Å². The first kappa shape index (κ1) is 13.2. The molecule has 0 spiro atoms. The van der Waals surface area contributed by atoms with Crippen molar-refractivity contribution in [1.29, 1.82) is 0 Å². The number of carbonyl (C=O) groups excluding carboxylic acids is 1. The van der Waals surface area contributed by atoms with Crippen molar-refractivity contribution in [1.82, 2.24) is 9.97 Å². The number of benzene rings is 1. The predicted octanol–water partition coefficient (Wildman–Crippen LogP) is 3.51. The summed E-state index contributed by atoms with van der Waals surface area (Å²) in [5.41, 5.74) is 0.446. The number of carbonyl (C=O) groups is 1. The Kier molecular flexibility index (Phi) is 3.48. The van der Waals surface area contributed by atoms with Crippen LogP contribution in [0, 0.1) is 5.82 Å². The van der Waals surface area contributed by atoms with Crippen LogP contribution >= 0.6 is 15.9 Å². The van der Waals surface area contributed by atoms with Crippen LogP contribution in [0.25, 0.3) is 0 Å². The number of anilines is 1. The average Bonchev–Trinajstić information content (AvgIpc) is 3.26. The van der Waals surface area contributed by atoms with Crippen LogP contribution in [0.15, 0.2) is 35.1 Å². The Bertz CT molecular complexity index is 656. The molecule has 1 amide bonds. The van der Waals surface area contributed by atoms with Crippen LogP contribution in [0.4, 0.5) is 10.1 Å². The lowest BCUT2D eigenvalue weighted by Gasteiger charge is -2.06. The van der Waals surface area contributed by atoms with E-state index in [1.165, 1.54) is 24.5 Å². The van der Waals surface area contributed by atoms with E-state index in [-0.39, 0.29) is 5.69 Å². The van der Waals surface area contributed by atoms with E-state index in [1.54, 1.807) is 6.07 Å². The third-order valence-electron chi connectivity index (χ3n) is 3.06. The number of nitrogens with zero attached hydrogens (tertiary/aromatic N) is 2. The SMILES string of the molecule is O=C(Nc1ccc(Br)cc1F)c1cnc(C2CC2)nc1. The van der Waals surface area contributed by atoms with E-state index in [0.29, 0.717) is 16.0 Å². The fourth-order valence-corrected chi connectivity index (χ4v) is 2.13. The molecule has 1 aliphatic carbocycles. The summed E-state index contributed by atoms with van der Waals surface area (Å²) in [5.74, 6) is 0.296. The fourth-order valence-electron chi connectivity index (χ4n) is 1.79. The highest BCUT2D eigenvalue weighted by molar-refractivity contribution is 9.10. The number of nitrogens with one attached hydrogen (secondary N) is 1. The van der Waals surface area contributed by atoms with E-state index in [1.807, 2.05) is 0 Å². The minimum atomic E-state index is -0.497. The second-order valence-electron chi connectivity index (χ2n) is 4.68. The molecule has 4 nitrogen and oxygen atoms in total. The molecule has 0 saturated heterocycles. The van der Waals surface area contributed by atoms with Crippen molar-refractivity contribution in [2.45, 2.75) is 18.8 Å². The van der Waals surface area contributed by atoms with E-state index in [0.717, 1.165) is 18.7 Å². The van der Waals surface area contributed by atoms with Crippen LogP contribution in [-0.2, 0) is 0 Å². The molecule has 0 atom stereocenters. The van der Waals surface area contributed by atoms with Gasteiger partial charge in [-0.3, -0.25) is 4.79 Å². The second kappa shape index (κ2) is 5.28. The number of amides is 1. The molecule has 1 fully saturated rings. The molecule has 0 unspecified atom stereocenters. The van der Waals surface area contributed by atoms with Crippen molar-refractivity contribution >= 4 is 27.5 Å². The minimum Gasteiger partial charge on any atom is -0.319 e. The van der Waals surface area contributed by atoms with Crippen LogP contribution in [0.5, 0.6) is 0 Å². The molecule has 102 valence electrons. The first-order valence-electron chi connectivity index (χ1n) is 6.22. The van der Waals surface area contributed by atoms with Gasteiger partial charge in [0.15, 0.2) is 0 Å². The average molecular weight is 336 g/mol. The molecule has 0 radical (unpaired) electrons. The third-order valence-corrected chi connectivity index (χ3v) is 3.55. The molecule has 6 heteroatoms. The zero-order valence-electron chi connectivity index (χ0n) is 10.4. The van der Waals surface area contributed by atoms with Crippen LogP contribution in [0.3, 0.4) is 0 Å². The Morgan fingerprint density at radius 1 is 1.30 bits per heavy atom. The highest BCUT2D eigenvalue weighted by Crippen LogP contribution is 2.37. The summed E-state index contributed by atoms with van der Waals surface area (Å²) < 4.78 is 14.2. The number of hydrogen-bond donors (Lipinski definition) is 1. The number of aromatic nitrogens is 2. The van der Waals surface area contributed by atoms with Gasteiger partial charge in [-0.2, -0.15) is 0 Å². The maximum Gasteiger partial charge on any atom is 0.258 e. The van der Waals surface area contributed by atoms with E-state index in [9.17, 15) is 9.18 Å². The van der Waals surface area contributed by atoms with Gasteiger partial charge in [-0.25, -0.2) is 14.4 Å². The molecule has 2 aromatic rings. The minimum absolute atomic E-state index is 0.129. The molecule has 3 rings (SSSR count). The van der Waals surface area contributed by atoms with Crippen molar-refractivity contribution < 1.29 is 9.18 Å². The molecule has 1 N–H and O–H groups in total.